The molecule has 0 aliphatic heterocycles. The molecule has 0 fully saturated rings. The molecule has 4 heteroatoms. The molecule has 3 nitrogen and oxygen atoms in total. The zero-order chi connectivity index (χ0) is 26.8. The molecule has 0 spiro atoms. The largest absolute Gasteiger partial charge is 0.295 e. The highest BCUT2D eigenvalue weighted by atomic mass is 32.1. The predicted octanol–water partition coefficient (Wildman–Crippen LogP) is 8.62. The van der Waals surface area contributed by atoms with Gasteiger partial charge in [0, 0.05) is 5.56 Å². The maximum Gasteiger partial charge on any atom is 0.295 e. The Hall–Kier alpha value is -3.76. The molecule has 6 rings (SSSR count). The Bertz CT molecular complexity index is 1810. The Labute approximate surface area is 229 Å². The number of para-hydroxylation sites is 2. The van der Waals surface area contributed by atoms with Crippen LogP contribution in [0.2, 0.25) is 0 Å². The Morgan fingerprint density at radius 2 is 1.47 bits per heavy atom. The van der Waals surface area contributed by atoms with Gasteiger partial charge in [0.05, 0.1) is 22.8 Å². The van der Waals surface area contributed by atoms with Gasteiger partial charge in [0.25, 0.3) is 5.82 Å². The molecule has 0 saturated carbocycles. The minimum Gasteiger partial charge on any atom is -0.236 e. The van der Waals surface area contributed by atoms with E-state index in [0.29, 0.717) is 0 Å². The predicted molar refractivity (Wildman–Crippen MR) is 161 cm³/mol. The Kier molecular flexibility index (Phi) is 5.77. The van der Waals surface area contributed by atoms with Gasteiger partial charge in [0.1, 0.15) is 10.7 Å². The van der Waals surface area contributed by atoms with Crippen molar-refractivity contribution in [3.8, 4) is 27.6 Å². The maximum atomic E-state index is 5.08. The number of benzene rings is 4. The molecular weight excluding hydrogens is 482 g/mol. The van der Waals surface area contributed by atoms with E-state index in [1.807, 2.05) is 0 Å². The third-order valence-corrected chi connectivity index (χ3v) is 8.71. The first-order chi connectivity index (χ1) is 18.1. The zero-order valence-electron chi connectivity index (χ0n) is 23.3. The summed E-state index contributed by atoms with van der Waals surface area (Å²) in [4.78, 5) is 5.08. The molecule has 0 aliphatic rings. The van der Waals surface area contributed by atoms with E-state index in [2.05, 4.69) is 137 Å². The summed E-state index contributed by atoms with van der Waals surface area (Å²) in [6.07, 6.45) is 0. The van der Waals surface area contributed by atoms with E-state index in [-0.39, 0.29) is 5.41 Å². The van der Waals surface area contributed by atoms with Crippen molar-refractivity contribution in [3.63, 3.8) is 0 Å². The monoisotopic (exact) mass is 516 g/mol. The molecule has 0 bridgehead atoms. The number of rotatable bonds is 3. The minimum absolute atomic E-state index is 0.117. The molecule has 2 aromatic heterocycles. The van der Waals surface area contributed by atoms with Gasteiger partial charge in [-0.15, -0.1) is 11.3 Å². The van der Waals surface area contributed by atoms with Crippen molar-refractivity contribution in [1.82, 2.24) is 9.55 Å². The van der Waals surface area contributed by atoms with E-state index >= 15 is 0 Å². The van der Waals surface area contributed by atoms with E-state index in [1.165, 1.54) is 60.6 Å². The van der Waals surface area contributed by atoms with Crippen LogP contribution in [0, 0.1) is 20.8 Å². The van der Waals surface area contributed by atoms with Crippen LogP contribution in [0.5, 0.6) is 0 Å². The van der Waals surface area contributed by atoms with Crippen molar-refractivity contribution in [3.05, 3.63) is 101 Å². The molecule has 2 heterocycles. The number of aromatic nitrogens is 3. The fourth-order valence-electron chi connectivity index (χ4n) is 5.57. The number of thiazole rings is 1. The van der Waals surface area contributed by atoms with Gasteiger partial charge >= 0.3 is 0 Å². The van der Waals surface area contributed by atoms with Crippen LogP contribution in [0.3, 0.4) is 0 Å². The summed E-state index contributed by atoms with van der Waals surface area (Å²) in [6, 6.07) is 28.8. The molecule has 0 saturated heterocycles. The quantitative estimate of drug-likeness (QED) is 0.216. The normalized spacial score (nSPS) is 12.1. The molecule has 0 amide bonds. The van der Waals surface area contributed by atoms with Gasteiger partial charge in [-0.25, -0.2) is 9.55 Å². The first-order valence-electron chi connectivity index (χ1n) is 13.2. The molecule has 0 aliphatic carbocycles. The van der Waals surface area contributed by atoms with Gasteiger partial charge < -0.3 is 0 Å². The van der Waals surface area contributed by atoms with E-state index < -0.39 is 0 Å². The summed E-state index contributed by atoms with van der Waals surface area (Å²) in [5, 5.41) is 1.09. The molecular formula is C34H34N3S+. The molecule has 190 valence electrons. The first-order valence-corrected chi connectivity index (χ1v) is 14.0. The summed E-state index contributed by atoms with van der Waals surface area (Å²) in [5.41, 5.74) is 12.4. The smallest absolute Gasteiger partial charge is 0.236 e. The highest BCUT2D eigenvalue weighted by Gasteiger charge is 2.28. The second kappa shape index (κ2) is 8.92. The van der Waals surface area contributed by atoms with Crippen molar-refractivity contribution in [2.24, 2.45) is 7.05 Å². The van der Waals surface area contributed by atoms with Crippen LogP contribution in [0.4, 0.5) is 0 Å². The van der Waals surface area contributed by atoms with Gasteiger partial charge in [-0.3, -0.25) is 0 Å². The zero-order valence-corrected chi connectivity index (χ0v) is 24.1. The number of hydrogen-bond donors (Lipinski definition) is 0. The minimum atomic E-state index is 0.117. The van der Waals surface area contributed by atoms with Crippen LogP contribution in [0.1, 0.15) is 43.0 Å². The first kappa shape index (κ1) is 24.6. The summed E-state index contributed by atoms with van der Waals surface area (Å²) in [7, 11) is 2.18. The maximum absolute atomic E-state index is 5.08. The van der Waals surface area contributed by atoms with Crippen molar-refractivity contribution < 1.29 is 4.57 Å². The van der Waals surface area contributed by atoms with E-state index in [9.17, 15) is 0 Å². The second-order valence-corrected chi connectivity index (χ2v) is 12.5. The molecule has 6 aromatic rings. The Balaban J connectivity index is 1.59. The summed E-state index contributed by atoms with van der Waals surface area (Å²) < 4.78 is 5.95. The Morgan fingerprint density at radius 3 is 2.16 bits per heavy atom. The molecule has 0 N–H and O–H groups in total. The standard InChI is InChI=1S/C34H34N3S/c1-21-11-10-12-22(2)31(21)32-35-27-19-23(3)26(20-30(27)38-32)33-36(7)28-13-8-9-14-29(28)37(33)25-17-15-24(16-18-25)34(4,5)6/h8-20H,1-7H3/q+1. The van der Waals surface area contributed by atoms with Crippen LogP contribution >= 0.6 is 11.3 Å². The molecule has 0 radical (unpaired) electrons. The molecule has 4 aromatic carbocycles. The topological polar surface area (TPSA) is 21.7 Å². The van der Waals surface area contributed by atoms with E-state index in [4.69, 9.17) is 4.98 Å². The fraction of sp³-hybridized carbons (Fsp3) is 0.235. The van der Waals surface area contributed by atoms with E-state index in [0.717, 1.165) is 10.5 Å². The highest BCUT2D eigenvalue weighted by molar-refractivity contribution is 7.21. The van der Waals surface area contributed by atoms with Crippen LogP contribution in [0.15, 0.2) is 78.9 Å². The summed E-state index contributed by atoms with van der Waals surface area (Å²) in [6.45, 7) is 13.3. The fourth-order valence-corrected chi connectivity index (χ4v) is 6.73. The third kappa shape index (κ3) is 3.95. The highest BCUT2D eigenvalue weighted by Crippen LogP contribution is 2.38. The van der Waals surface area contributed by atoms with Crippen LogP contribution < -0.4 is 4.57 Å². The lowest BCUT2D eigenvalue weighted by molar-refractivity contribution is -0.633. The number of imidazole rings is 1. The van der Waals surface area contributed by atoms with Crippen LogP contribution in [-0.4, -0.2) is 9.55 Å². The van der Waals surface area contributed by atoms with Crippen molar-refractivity contribution in [2.45, 2.75) is 47.0 Å². The Morgan fingerprint density at radius 1 is 0.789 bits per heavy atom. The third-order valence-electron chi connectivity index (χ3n) is 7.68. The lowest BCUT2D eigenvalue weighted by atomic mass is 9.87. The van der Waals surface area contributed by atoms with E-state index in [1.54, 1.807) is 11.3 Å². The van der Waals surface area contributed by atoms with Crippen LogP contribution in [0.25, 0.3) is 48.9 Å². The van der Waals surface area contributed by atoms with Gasteiger partial charge in [-0.2, -0.15) is 4.57 Å². The number of hydrogen-bond acceptors (Lipinski definition) is 2. The van der Waals surface area contributed by atoms with Gasteiger partial charge in [-0.05, 0) is 84.8 Å². The molecule has 0 atom stereocenters. The van der Waals surface area contributed by atoms with Gasteiger partial charge in [0.2, 0.25) is 0 Å². The number of aryl methyl sites for hydroxylation is 4. The van der Waals surface area contributed by atoms with Crippen molar-refractivity contribution >= 4 is 32.6 Å². The molecule has 0 unspecified atom stereocenters. The average Bonchev–Trinajstić information content (AvgIpc) is 3.41. The lowest BCUT2D eigenvalue weighted by Gasteiger charge is -2.18. The summed E-state index contributed by atoms with van der Waals surface area (Å²) >= 11 is 1.79. The SMILES string of the molecule is Cc1cc2nc(-c3c(C)cccc3C)sc2cc1-c1n(-c2ccc(C(C)(C)C)cc2)c2ccccc2[n+]1C. The lowest BCUT2D eigenvalue weighted by Crippen LogP contribution is -2.30. The van der Waals surface area contributed by atoms with Crippen LogP contribution in [-0.2, 0) is 12.5 Å². The van der Waals surface area contributed by atoms with Gasteiger partial charge in [0.15, 0.2) is 11.0 Å². The molecule has 38 heavy (non-hydrogen) atoms. The number of fused-ring (bicyclic) bond motifs is 2. The average molecular weight is 517 g/mol. The summed E-state index contributed by atoms with van der Waals surface area (Å²) in [5.74, 6) is 1.18. The second-order valence-electron chi connectivity index (χ2n) is 11.4. The van der Waals surface area contributed by atoms with Crippen molar-refractivity contribution in [1.29, 1.82) is 0 Å². The number of nitrogens with zero attached hydrogens (tertiary/aromatic N) is 3. The van der Waals surface area contributed by atoms with Crippen molar-refractivity contribution in [2.75, 3.05) is 0 Å². The van der Waals surface area contributed by atoms with Gasteiger partial charge in [-0.1, -0.05) is 63.2 Å².